The Morgan fingerprint density at radius 3 is 2.75 bits per heavy atom. The molecule has 0 aromatic carbocycles. The molecule has 1 aromatic heterocycles. The normalized spacial score (nSPS) is 19.2. The van der Waals surface area contributed by atoms with Gasteiger partial charge in [0.1, 0.15) is 0 Å². The molecule has 0 spiro atoms. The van der Waals surface area contributed by atoms with Gasteiger partial charge in [0.2, 0.25) is 5.91 Å². The fourth-order valence-corrected chi connectivity index (χ4v) is 2.29. The van der Waals surface area contributed by atoms with Crippen LogP contribution in [0.4, 0.5) is 0 Å². The van der Waals surface area contributed by atoms with Crippen molar-refractivity contribution in [2.75, 3.05) is 13.1 Å². The maximum absolute atomic E-state index is 12.2. The lowest BCUT2D eigenvalue weighted by Crippen LogP contribution is -2.38. The van der Waals surface area contributed by atoms with E-state index in [0.29, 0.717) is 0 Å². The van der Waals surface area contributed by atoms with Crippen LogP contribution >= 0.6 is 0 Å². The van der Waals surface area contributed by atoms with E-state index in [1.165, 1.54) is 0 Å². The maximum atomic E-state index is 12.2. The SMILES string of the molecule is CCN(CC)C(=O)C1CCc2n[nH]nc2C1. The average molecular weight is 222 g/mol. The van der Waals surface area contributed by atoms with Gasteiger partial charge < -0.3 is 4.90 Å². The van der Waals surface area contributed by atoms with Gasteiger partial charge in [0, 0.05) is 25.4 Å². The summed E-state index contributed by atoms with van der Waals surface area (Å²) in [5.41, 5.74) is 2.00. The van der Waals surface area contributed by atoms with E-state index < -0.39 is 0 Å². The Labute approximate surface area is 95.2 Å². The number of aromatic amines is 1. The molecule has 5 nitrogen and oxygen atoms in total. The highest BCUT2D eigenvalue weighted by molar-refractivity contribution is 5.79. The van der Waals surface area contributed by atoms with E-state index in [4.69, 9.17) is 0 Å². The Bertz CT molecular complexity index is 370. The third kappa shape index (κ3) is 1.94. The monoisotopic (exact) mass is 222 g/mol. The molecule has 1 amide bonds. The number of H-pyrrole nitrogens is 1. The van der Waals surface area contributed by atoms with Crippen molar-refractivity contribution in [3.8, 4) is 0 Å². The number of carbonyl (C=O) groups is 1. The van der Waals surface area contributed by atoms with Crippen molar-refractivity contribution in [1.82, 2.24) is 20.3 Å². The van der Waals surface area contributed by atoms with E-state index in [0.717, 1.165) is 43.7 Å². The lowest BCUT2D eigenvalue weighted by molar-refractivity contribution is -0.135. The molecule has 1 atom stereocenters. The molecule has 0 saturated heterocycles. The summed E-state index contributed by atoms with van der Waals surface area (Å²) in [5, 5.41) is 10.8. The van der Waals surface area contributed by atoms with Gasteiger partial charge in [0.25, 0.3) is 0 Å². The van der Waals surface area contributed by atoms with Gasteiger partial charge in [-0.1, -0.05) is 0 Å². The van der Waals surface area contributed by atoms with Gasteiger partial charge in [-0.3, -0.25) is 4.79 Å². The van der Waals surface area contributed by atoms with Gasteiger partial charge in [-0.05, 0) is 26.7 Å². The van der Waals surface area contributed by atoms with Crippen LogP contribution < -0.4 is 0 Å². The highest BCUT2D eigenvalue weighted by Gasteiger charge is 2.29. The van der Waals surface area contributed by atoms with E-state index in [1.807, 2.05) is 18.7 Å². The zero-order valence-corrected chi connectivity index (χ0v) is 9.86. The maximum Gasteiger partial charge on any atom is 0.226 e. The molecule has 2 rings (SSSR count). The number of nitrogens with one attached hydrogen (secondary N) is 1. The van der Waals surface area contributed by atoms with Crippen LogP contribution in [-0.2, 0) is 17.6 Å². The summed E-state index contributed by atoms with van der Waals surface area (Å²) in [6.07, 6.45) is 2.50. The van der Waals surface area contributed by atoms with Gasteiger partial charge in [-0.15, -0.1) is 0 Å². The number of nitrogens with zero attached hydrogens (tertiary/aromatic N) is 3. The Balaban J connectivity index is 2.05. The minimum atomic E-state index is 0.0949. The lowest BCUT2D eigenvalue weighted by Gasteiger charge is -2.26. The molecule has 0 saturated carbocycles. The number of amides is 1. The molecular weight excluding hydrogens is 204 g/mol. The molecule has 1 aromatic rings. The van der Waals surface area contributed by atoms with Crippen molar-refractivity contribution in [2.45, 2.75) is 33.1 Å². The van der Waals surface area contributed by atoms with Crippen LogP contribution in [0.1, 0.15) is 31.7 Å². The quantitative estimate of drug-likeness (QED) is 0.822. The molecular formula is C11H18N4O. The van der Waals surface area contributed by atoms with E-state index in [2.05, 4.69) is 15.4 Å². The second-order valence-corrected chi connectivity index (χ2v) is 4.17. The van der Waals surface area contributed by atoms with E-state index in [-0.39, 0.29) is 11.8 Å². The van der Waals surface area contributed by atoms with Crippen molar-refractivity contribution in [3.63, 3.8) is 0 Å². The standard InChI is InChI=1S/C11H18N4O/c1-3-15(4-2)11(16)8-5-6-9-10(7-8)13-14-12-9/h8H,3-7H2,1-2H3,(H,12,13,14). The zero-order chi connectivity index (χ0) is 11.5. The van der Waals surface area contributed by atoms with Crippen LogP contribution in [0.2, 0.25) is 0 Å². The van der Waals surface area contributed by atoms with Gasteiger partial charge >= 0.3 is 0 Å². The molecule has 5 heteroatoms. The van der Waals surface area contributed by atoms with Crippen molar-refractivity contribution in [3.05, 3.63) is 11.4 Å². The van der Waals surface area contributed by atoms with Crippen molar-refractivity contribution < 1.29 is 4.79 Å². The summed E-state index contributed by atoms with van der Waals surface area (Å²) in [5.74, 6) is 0.358. The van der Waals surface area contributed by atoms with Crippen LogP contribution in [-0.4, -0.2) is 39.3 Å². The fraction of sp³-hybridized carbons (Fsp3) is 0.727. The first kappa shape index (κ1) is 11.1. The third-order valence-corrected chi connectivity index (χ3v) is 3.30. The summed E-state index contributed by atoms with van der Waals surface area (Å²) in [7, 11) is 0. The van der Waals surface area contributed by atoms with Crippen LogP contribution in [0.25, 0.3) is 0 Å². The lowest BCUT2D eigenvalue weighted by atomic mass is 9.88. The third-order valence-electron chi connectivity index (χ3n) is 3.30. The molecule has 16 heavy (non-hydrogen) atoms. The molecule has 1 aliphatic rings. The average Bonchev–Trinajstić information content (AvgIpc) is 2.77. The minimum Gasteiger partial charge on any atom is -0.343 e. The summed E-state index contributed by atoms with van der Waals surface area (Å²) >= 11 is 0. The van der Waals surface area contributed by atoms with Crippen LogP contribution in [0.3, 0.4) is 0 Å². The van der Waals surface area contributed by atoms with Gasteiger partial charge in [0.05, 0.1) is 11.4 Å². The minimum absolute atomic E-state index is 0.0949. The van der Waals surface area contributed by atoms with E-state index in [1.54, 1.807) is 0 Å². The Hall–Kier alpha value is -1.39. The second kappa shape index (κ2) is 4.63. The number of aryl methyl sites for hydroxylation is 1. The number of fused-ring (bicyclic) bond motifs is 1. The summed E-state index contributed by atoms with van der Waals surface area (Å²) < 4.78 is 0. The number of rotatable bonds is 3. The summed E-state index contributed by atoms with van der Waals surface area (Å²) in [6.45, 7) is 5.62. The molecule has 0 bridgehead atoms. The molecule has 1 aliphatic carbocycles. The Morgan fingerprint density at radius 2 is 2.06 bits per heavy atom. The molecule has 1 unspecified atom stereocenters. The Kier molecular flexibility index (Phi) is 3.22. The first-order valence-corrected chi connectivity index (χ1v) is 5.93. The van der Waals surface area contributed by atoms with E-state index >= 15 is 0 Å². The van der Waals surface area contributed by atoms with Crippen molar-refractivity contribution in [1.29, 1.82) is 0 Å². The Morgan fingerprint density at radius 1 is 1.38 bits per heavy atom. The first-order chi connectivity index (χ1) is 7.76. The van der Waals surface area contributed by atoms with Gasteiger partial charge in [0.15, 0.2) is 0 Å². The van der Waals surface area contributed by atoms with Crippen LogP contribution in [0, 0.1) is 5.92 Å². The predicted octanol–water partition coefficient (Wildman–Crippen LogP) is 0.778. The number of hydrogen-bond acceptors (Lipinski definition) is 3. The number of aromatic nitrogens is 3. The molecule has 0 radical (unpaired) electrons. The topological polar surface area (TPSA) is 61.9 Å². The van der Waals surface area contributed by atoms with Crippen molar-refractivity contribution in [2.24, 2.45) is 5.92 Å². The largest absolute Gasteiger partial charge is 0.343 e. The van der Waals surface area contributed by atoms with Crippen molar-refractivity contribution >= 4 is 5.91 Å². The van der Waals surface area contributed by atoms with Crippen LogP contribution in [0.15, 0.2) is 0 Å². The van der Waals surface area contributed by atoms with Crippen LogP contribution in [0.5, 0.6) is 0 Å². The molecule has 1 N–H and O–H groups in total. The molecule has 0 fully saturated rings. The van der Waals surface area contributed by atoms with Gasteiger partial charge in [-0.25, -0.2) is 0 Å². The first-order valence-electron chi connectivity index (χ1n) is 5.93. The summed E-state index contributed by atoms with van der Waals surface area (Å²) in [6, 6.07) is 0. The predicted molar refractivity (Wildman–Crippen MR) is 59.8 cm³/mol. The number of carbonyl (C=O) groups excluding carboxylic acids is 1. The molecule has 0 aliphatic heterocycles. The number of hydrogen-bond donors (Lipinski definition) is 1. The highest BCUT2D eigenvalue weighted by atomic mass is 16.2. The van der Waals surface area contributed by atoms with Gasteiger partial charge in [-0.2, -0.15) is 15.4 Å². The second-order valence-electron chi connectivity index (χ2n) is 4.17. The molecule has 88 valence electrons. The van der Waals surface area contributed by atoms with E-state index in [9.17, 15) is 4.79 Å². The highest BCUT2D eigenvalue weighted by Crippen LogP contribution is 2.23. The molecule has 1 heterocycles. The summed E-state index contributed by atoms with van der Waals surface area (Å²) in [4.78, 5) is 14.1. The smallest absolute Gasteiger partial charge is 0.226 e. The zero-order valence-electron chi connectivity index (χ0n) is 9.86. The fourth-order valence-electron chi connectivity index (χ4n) is 2.29.